The number of thiophene rings is 1. The van der Waals surface area contributed by atoms with E-state index in [1.165, 1.54) is 4.88 Å². The molecule has 0 radical (unpaired) electrons. The van der Waals surface area contributed by atoms with Gasteiger partial charge in [-0.05, 0) is 29.3 Å². The van der Waals surface area contributed by atoms with E-state index in [9.17, 15) is 4.79 Å². The highest BCUT2D eigenvalue weighted by Crippen LogP contribution is 2.22. The third-order valence-corrected chi connectivity index (χ3v) is 4.21. The van der Waals surface area contributed by atoms with E-state index in [1.54, 1.807) is 11.3 Å². The van der Waals surface area contributed by atoms with Crippen LogP contribution in [0, 0.1) is 0 Å². The number of carbonyl (C=O) groups is 1. The Balaban J connectivity index is 1.61. The Morgan fingerprint density at radius 1 is 1.00 bits per heavy atom. The van der Waals surface area contributed by atoms with E-state index in [2.05, 4.69) is 16.7 Å². The van der Waals surface area contributed by atoms with Gasteiger partial charge in [-0.2, -0.15) is 0 Å². The molecule has 2 amide bonds. The summed E-state index contributed by atoms with van der Waals surface area (Å²) in [6.45, 7) is 0.636. The first kappa shape index (κ1) is 13.6. The lowest BCUT2D eigenvalue weighted by Gasteiger charge is -2.09. The van der Waals surface area contributed by atoms with Crippen molar-refractivity contribution in [1.82, 2.24) is 5.32 Å². The number of hydrogen-bond acceptors (Lipinski definition) is 2. The van der Waals surface area contributed by atoms with Crippen molar-refractivity contribution < 1.29 is 4.79 Å². The van der Waals surface area contributed by atoms with Crippen molar-refractivity contribution in [3.8, 4) is 0 Å². The lowest BCUT2D eigenvalue weighted by Crippen LogP contribution is -2.30. The van der Waals surface area contributed by atoms with E-state index < -0.39 is 0 Å². The Morgan fingerprint density at radius 2 is 1.86 bits per heavy atom. The fourth-order valence-electron chi connectivity index (χ4n) is 2.25. The van der Waals surface area contributed by atoms with Crippen LogP contribution in [0.15, 0.2) is 60.0 Å². The second-order valence-electron chi connectivity index (χ2n) is 4.74. The van der Waals surface area contributed by atoms with E-state index in [4.69, 9.17) is 0 Å². The van der Waals surface area contributed by atoms with Crippen LogP contribution in [0.5, 0.6) is 0 Å². The molecule has 3 aromatic rings. The van der Waals surface area contributed by atoms with E-state index in [0.29, 0.717) is 6.54 Å². The number of fused-ring (bicyclic) bond motifs is 1. The van der Waals surface area contributed by atoms with Crippen LogP contribution in [0.2, 0.25) is 0 Å². The Labute approximate surface area is 127 Å². The summed E-state index contributed by atoms with van der Waals surface area (Å²) in [5, 5.41) is 10.0. The summed E-state index contributed by atoms with van der Waals surface area (Å²) >= 11 is 1.71. The van der Waals surface area contributed by atoms with Crippen molar-refractivity contribution in [1.29, 1.82) is 0 Å². The van der Waals surface area contributed by atoms with Crippen molar-refractivity contribution in [2.45, 2.75) is 6.42 Å². The molecule has 0 saturated heterocycles. The predicted molar refractivity (Wildman–Crippen MR) is 89.0 cm³/mol. The number of rotatable bonds is 4. The van der Waals surface area contributed by atoms with Gasteiger partial charge in [-0.15, -0.1) is 11.3 Å². The topological polar surface area (TPSA) is 41.1 Å². The van der Waals surface area contributed by atoms with Crippen LogP contribution in [0.4, 0.5) is 10.5 Å². The molecule has 0 saturated carbocycles. The number of anilines is 1. The first-order valence-electron chi connectivity index (χ1n) is 6.88. The van der Waals surface area contributed by atoms with Gasteiger partial charge in [0, 0.05) is 16.8 Å². The minimum atomic E-state index is -0.164. The van der Waals surface area contributed by atoms with Gasteiger partial charge >= 0.3 is 6.03 Å². The average Bonchev–Trinajstić information content (AvgIpc) is 3.01. The molecule has 21 heavy (non-hydrogen) atoms. The lowest BCUT2D eigenvalue weighted by molar-refractivity contribution is 0.252. The average molecular weight is 296 g/mol. The fraction of sp³-hybridized carbons (Fsp3) is 0.118. The lowest BCUT2D eigenvalue weighted by atomic mass is 10.1. The molecule has 3 nitrogen and oxygen atoms in total. The number of hydrogen-bond donors (Lipinski definition) is 2. The Kier molecular flexibility index (Phi) is 4.17. The van der Waals surface area contributed by atoms with Crippen LogP contribution in [-0.2, 0) is 6.42 Å². The van der Waals surface area contributed by atoms with Gasteiger partial charge in [0.15, 0.2) is 0 Å². The molecule has 0 fully saturated rings. The molecule has 2 aromatic carbocycles. The molecule has 1 heterocycles. The molecule has 1 aromatic heterocycles. The molecular weight excluding hydrogens is 280 g/mol. The predicted octanol–water partition coefficient (Wildman–Crippen LogP) is 4.27. The SMILES string of the molecule is O=C(NCCc1cccs1)Nc1cccc2ccccc12. The maximum atomic E-state index is 12.0. The summed E-state index contributed by atoms with van der Waals surface area (Å²) in [7, 11) is 0. The van der Waals surface area contributed by atoms with Crippen molar-refractivity contribution in [2.24, 2.45) is 0 Å². The summed E-state index contributed by atoms with van der Waals surface area (Å²) in [5.41, 5.74) is 0.835. The molecule has 0 aliphatic carbocycles. The summed E-state index contributed by atoms with van der Waals surface area (Å²) in [5.74, 6) is 0. The molecule has 0 spiro atoms. The zero-order valence-electron chi connectivity index (χ0n) is 11.5. The van der Waals surface area contributed by atoms with Crippen molar-refractivity contribution >= 4 is 33.8 Å². The van der Waals surface area contributed by atoms with Gasteiger partial charge in [-0.1, -0.05) is 42.5 Å². The highest BCUT2D eigenvalue weighted by molar-refractivity contribution is 7.09. The number of nitrogens with one attached hydrogen (secondary N) is 2. The van der Waals surface area contributed by atoms with Crippen LogP contribution in [0.1, 0.15) is 4.88 Å². The maximum Gasteiger partial charge on any atom is 0.319 e. The number of benzene rings is 2. The zero-order valence-corrected chi connectivity index (χ0v) is 12.3. The largest absolute Gasteiger partial charge is 0.338 e. The van der Waals surface area contributed by atoms with Gasteiger partial charge in [0.05, 0.1) is 5.69 Å². The summed E-state index contributed by atoms with van der Waals surface area (Å²) in [6, 6.07) is 17.9. The molecule has 4 heteroatoms. The minimum Gasteiger partial charge on any atom is -0.338 e. The van der Waals surface area contributed by atoms with Crippen LogP contribution in [0.3, 0.4) is 0 Å². The normalized spacial score (nSPS) is 10.5. The van der Waals surface area contributed by atoms with Crippen LogP contribution >= 0.6 is 11.3 Å². The quantitative estimate of drug-likeness (QED) is 0.742. The smallest absolute Gasteiger partial charge is 0.319 e. The Morgan fingerprint density at radius 3 is 2.71 bits per heavy atom. The van der Waals surface area contributed by atoms with Crippen molar-refractivity contribution in [3.63, 3.8) is 0 Å². The molecule has 0 bridgehead atoms. The zero-order chi connectivity index (χ0) is 14.5. The van der Waals surface area contributed by atoms with Gasteiger partial charge in [0.2, 0.25) is 0 Å². The minimum absolute atomic E-state index is 0.164. The van der Waals surface area contributed by atoms with Crippen molar-refractivity contribution in [2.75, 3.05) is 11.9 Å². The maximum absolute atomic E-state index is 12.0. The highest BCUT2D eigenvalue weighted by atomic mass is 32.1. The van der Waals surface area contributed by atoms with E-state index >= 15 is 0 Å². The molecule has 2 N–H and O–H groups in total. The second-order valence-corrected chi connectivity index (χ2v) is 5.77. The van der Waals surface area contributed by atoms with Crippen LogP contribution in [0.25, 0.3) is 10.8 Å². The van der Waals surface area contributed by atoms with E-state index in [-0.39, 0.29) is 6.03 Å². The molecule has 0 aliphatic rings. The van der Waals surface area contributed by atoms with Crippen LogP contribution in [-0.4, -0.2) is 12.6 Å². The van der Waals surface area contributed by atoms with Gasteiger partial charge in [0.25, 0.3) is 0 Å². The monoisotopic (exact) mass is 296 g/mol. The molecule has 106 valence electrons. The first-order valence-corrected chi connectivity index (χ1v) is 7.76. The van der Waals surface area contributed by atoms with Crippen LogP contribution < -0.4 is 10.6 Å². The molecule has 0 aliphatic heterocycles. The number of amides is 2. The molecule has 0 unspecified atom stereocenters. The van der Waals surface area contributed by atoms with E-state index in [0.717, 1.165) is 22.9 Å². The summed E-state index contributed by atoms with van der Waals surface area (Å²) in [4.78, 5) is 13.2. The van der Waals surface area contributed by atoms with Crippen molar-refractivity contribution in [3.05, 3.63) is 64.9 Å². The Bertz CT molecular complexity index is 732. The van der Waals surface area contributed by atoms with Gasteiger partial charge in [-0.3, -0.25) is 0 Å². The third kappa shape index (κ3) is 3.41. The fourth-order valence-corrected chi connectivity index (χ4v) is 2.96. The second kappa shape index (κ2) is 6.41. The summed E-state index contributed by atoms with van der Waals surface area (Å²) in [6.07, 6.45) is 0.862. The molecular formula is C17H16N2OS. The first-order chi connectivity index (χ1) is 10.3. The van der Waals surface area contributed by atoms with E-state index in [1.807, 2.05) is 53.9 Å². The number of carbonyl (C=O) groups excluding carboxylic acids is 1. The Hall–Kier alpha value is -2.33. The molecule has 3 rings (SSSR count). The van der Waals surface area contributed by atoms with Gasteiger partial charge in [0.1, 0.15) is 0 Å². The third-order valence-electron chi connectivity index (χ3n) is 3.27. The highest BCUT2D eigenvalue weighted by Gasteiger charge is 2.04. The molecule has 0 atom stereocenters. The van der Waals surface area contributed by atoms with Gasteiger partial charge in [-0.25, -0.2) is 4.79 Å². The van der Waals surface area contributed by atoms with Gasteiger partial charge < -0.3 is 10.6 Å². The summed E-state index contributed by atoms with van der Waals surface area (Å²) < 4.78 is 0. The number of urea groups is 1. The standard InChI is InChI=1S/C17H16N2OS/c20-17(18-11-10-14-7-4-12-21-14)19-16-9-3-6-13-5-1-2-8-15(13)16/h1-9,12H,10-11H2,(H2,18,19,20).